The molecular formula is C18H15NO3. The van der Waals surface area contributed by atoms with E-state index in [1.165, 1.54) is 0 Å². The number of benzene rings is 2. The van der Waals surface area contributed by atoms with Crippen LogP contribution in [0.4, 0.5) is 0 Å². The lowest BCUT2D eigenvalue weighted by Crippen LogP contribution is -2.03. The lowest BCUT2D eigenvalue weighted by molar-refractivity contribution is 0.0698. The molecule has 0 aliphatic rings. The van der Waals surface area contributed by atoms with Gasteiger partial charge in [-0.2, -0.15) is 0 Å². The average molecular weight is 293 g/mol. The van der Waals surface area contributed by atoms with Crippen LogP contribution in [0.2, 0.25) is 0 Å². The van der Waals surface area contributed by atoms with Crippen molar-refractivity contribution in [1.82, 2.24) is 4.57 Å². The molecule has 110 valence electrons. The second-order valence-corrected chi connectivity index (χ2v) is 4.79. The van der Waals surface area contributed by atoms with Gasteiger partial charge >= 0.3 is 5.97 Å². The zero-order chi connectivity index (χ0) is 15.5. The Balaban J connectivity index is 2.28. The summed E-state index contributed by atoms with van der Waals surface area (Å²) >= 11 is 0. The number of nitrogens with zero attached hydrogens (tertiary/aromatic N) is 1. The first-order chi connectivity index (χ1) is 10.7. The van der Waals surface area contributed by atoms with Crippen LogP contribution in [0, 0.1) is 0 Å². The van der Waals surface area contributed by atoms with Crippen LogP contribution in [-0.4, -0.2) is 22.8 Å². The largest absolute Gasteiger partial charge is 0.495 e. The molecule has 22 heavy (non-hydrogen) atoms. The monoisotopic (exact) mass is 293 g/mol. The second-order valence-electron chi connectivity index (χ2n) is 4.79. The number of carboxylic acids is 1. The van der Waals surface area contributed by atoms with Crippen LogP contribution in [0.1, 0.15) is 10.4 Å². The average Bonchev–Trinajstić information content (AvgIpc) is 3.00. The van der Waals surface area contributed by atoms with Crippen molar-refractivity contribution < 1.29 is 14.6 Å². The Bertz CT molecular complexity index is 806. The third-order valence-corrected chi connectivity index (χ3v) is 3.51. The minimum atomic E-state index is -0.951. The highest BCUT2D eigenvalue weighted by molar-refractivity contribution is 5.95. The smallest absolute Gasteiger partial charge is 0.337 e. The molecule has 4 nitrogen and oxygen atoms in total. The van der Waals surface area contributed by atoms with E-state index in [0.29, 0.717) is 11.4 Å². The van der Waals surface area contributed by atoms with Crippen molar-refractivity contribution in [3.63, 3.8) is 0 Å². The summed E-state index contributed by atoms with van der Waals surface area (Å²) in [6, 6.07) is 18.6. The molecule has 0 saturated heterocycles. The third-order valence-electron chi connectivity index (χ3n) is 3.51. The number of aromatic carboxylic acids is 1. The zero-order valence-corrected chi connectivity index (χ0v) is 12.1. The molecule has 1 heterocycles. The molecule has 0 spiro atoms. The van der Waals surface area contributed by atoms with Gasteiger partial charge in [-0.05, 0) is 23.8 Å². The van der Waals surface area contributed by atoms with Crippen LogP contribution < -0.4 is 4.74 Å². The Morgan fingerprint density at radius 1 is 1.00 bits per heavy atom. The van der Waals surface area contributed by atoms with E-state index in [0.717, 1.165) is 11.3 Å². The van der Waals surface area contributed by atoms with Gasteiger partial charge in [-0.1, -0.05) is 42.5 Å². The zero-order valence-electron chi connectivity index (χ0n) is 12.1. The summed E-state index contributed by atoms with van der Waals surface area (Å²) in [6.07, 6.45) is 1.75. The summed E-state index contributed by atoms with van der Waals surface area (Å²) in [7, 11) is 1.60. The molecule has 1 aromatic heterocycles. The Morgan fingerprint density at radius 2 is 1.68 bits per heavy atom. The number of para-hydroxylation sites is 2. The fourth-order valence-electron chi connectivity index (χ4n) is 2.53. The number of rotatable bonds is 4. The summed E-state index contributed by atoms with van der Waals surface area (Å²) in [5, 5.41) is 9.47. The van der Waals surface area contributed by atoms with Crippen LogP contribution in [0.3, 0.4) is 0 Å². The van der Waals surface area contributed by atoms with Crippen molar-refractivity contribution in [2.24, 2.45) is 0 Å². The highest BCUT2D eigenvalue weighted by Gasteiger charge is 2.19. The number of carbonyl (C=O) groups is 1. The first-order valence-corrected chi connectivity index (χ1v) is 6.86. The normalized spacial score (nSPS) is 10.4. The van der Waals surface area contributed by atoms with E-state index in [1.807, 2.05) is 59.2 Å². The molecule has 0 aliphatic carbocycles. The third kappa shape index (κ3) is 2.35. The molecule has 3 aromatic rings. The number of ether oxygens (including phenoxy) is 1. The summed E-state index contributed by atoms with van der Waals surface area (Å²) < 4.78 is 7.24. The lowest BCUT2D eigenvalue weighted by Gasteiger charge is -2.14. The van der Waals surface area contributed by atoms with E-state index in [4.69, 9.17) is 4.74 Å². The summed E-state index contributed by atoms with van der Waals surface area (Å²) in [4.78, 5) is 11.5. The maximum absolute atomic E-state index is 11.5. The van der Waals surface area contributed by atoms with Crippen molar-refractivity contribution in [1.29, 1.82) is 0 Å². The molecule has 4 heteroatoms. The van der Waals surface area contributed by atoms with Gasteiger partial charge in [0, 0.05) is 6.20 Å². The van der Waals surface area contributed by atoms with Gasteiger partial charge < -0.3 is 14.4 Å². The van der Waals surface area contributed by atoms with E-state index >= 15 is 0 Å². The number of methoxy groups -OCH3 is 1. The van der Waals surface area contributed by atoms with E-state index < -0.39 is 5.97 Å². The van der Waals surface area contributed by atoms with Gasteiger partial charge in [-0.25, -0.2) is 4.79 Å². The van der Waals surface area contributed by atoms with E-state index in [9.17, 15) is 9.90 Å². The first-order valence-electron chi connectivity index (χ1n) is 6.86. The van der Waals surface area contributed by atoms with E-state index in [-0.39, 0.29) is 5.56 Å². The van der Waals surface area contributed by atoms with Crippen LogP contribution in [0.5, 0.6) is 5.75 Å². The second kappa shape index (κ2) is 5.77. The lowest BCUT2D eigenvalue weighted by atomic mass is 10.1. The predicted molar refractivity (Wildman–Crippen MR) is 84.7 cm³/mol. The van der Waals surface area contributed by atoms with Gasteiger partial charge in [-0.3, -0.25) is 0 Å². The van der Waals surface area contributed by atoms with Gasteiger partial charge in [-0.15, -0.1) is 0 Å². The van der Waals surface area contributed by atoms with Gasteiger partial charge in [0.05, 0.1) is 24.1 Å². The first kappa shape index (κ1) is 13.9. The molecular weight excluding hydrogens is 278 g/mol. The molecule has 0 amide bonds. The maximum atomic E-state index is 11.5. The molecule has 0 bridgehead atoms. The predicted octanol–water partition coefficient (Wildman–Crippen LogP) is 3.85. The van der Waals surface area contributed by atoms with Crippen LogP contribution in [0.25, 0.3) is 16.9 Å². The Hall–Kier alpha value is -3.01. The Labute approximate surface area is 128 Å². The molecule has 0 fully saturated rings. The number of hydrogen-bond donors (Lipinski definition) is 1. The number of carboxylic acid groups (broad SMARTS) is 1. The van der Waals surface area contributed by atoms with Crippen molar-refractivity contribution in [3.05, 3.63) is 72.4 Å². The van der Waals surface area contributed by atoms with E-state index in [1.54, 1.807) is 19.4 Å². The van der Waals surface area contributed by atoms with Gasteiger partial charge in [0.1, 0.15) is 5.75 Å². The van der Waals surface area contributed by atoms with Crippen molar-refractivity contribution in [2.75, 3.05) is 7.11 Å². The molecule has 0 radical (unpaired) electrons. The fourth-order valence-corrected chi connectivity index (χ4v) is 2.53. The minimum Gasteiger partial charge on any atom is -0.495 e. The van der Waals surface area contributed by atoms with Crippen molar-refractivity contribution in [2.45, 2.75) is 0 Å². The molecule has 0 saturated carbocycles. The molecule has 3 rings (SSSR count). The standard InChI is InChI=1S/C18H15NO3/c1-22-16-10-6-5-9-15(16)19-12-11-14(18(20)21)17(19)13-7-3-2-4-8-13/h2-12H,1H3,(H,20,21). The molecule has 0 atom stereocenters. The topological polar surface area (TPSA) is 51.5 Å². The number of aromatic nitrogens is 1. The van der Waals surface area contributed by atoms with Gasteiger partial charge in [0.2, 0.25) is 0 Å². The van der Waals surface area contributed by atoms with Gasteiger partial charge in [0.25, 0.3) is 0 Å². The highest BCUT2D eigenvalue weighted by Crippen LogP contribution is 2.32. The summed E-state index contributed by atoms with van der Waals surface area (Å²) in [5.74, 6) is -0.264. The number of hydrogen-bond acceptors (Lipinski definition) is 2. The molecule has 0 unspecified atom stereocenters. The SMILES string of the molecule is COc1ccccc1-n1ccc(C(=O)O)c1-c1ccccc1. The van der Waals surface area contributed by atoms with Crippen LogP contribution in [-0.2, 0) is 0 Å². The van der Waals surface area contributed by atoms with Crippen LogP contribution in [0.15, 0.2) is 66.9 Å². The van der Waals surface area contributed by atoms with E-state index in [2.05, 4.69) is 0 Å². The Morgan fingerprint density at radius 3 is 2.36 bits per heavy atom. The molecule has 2 aromatic carbocycles. The highest BCUT2D eigenvalue weighted by atomic mass is 16.5. The van der Waals surface area contributed by atoms with Gasteiger partial charge in [0.15, 0.2) is 0 Å². The molecule has 0 aliphatic heterocycles. The fraction of sp³-hybridized carbons (Fsp3) is 0.0556. The summed E-state index contributed by atoms with van der Waals surface area (Å²) in [5.41, 5.74) is 2.54. The quantitative estimate of drug-likeness (QED) is 0.795. The summed E-state index contributed by atoms with van der Waals surface area (Å²) in [6.45, 7) is 0. The van der Waals surface area contributed by atoms with Crippen molar-refractivity contribution in [3.8, 4) is 22.7 Å². The molecule has 1 N–H and O–H groups in total. The van der Waals surface area contributed by atoms with Crippen molar-refractivity contribution >= 4 is 5.97 Å². The Kier molecular flexibility index (Phi) is 3.66. The van der Waals surface area contributed by atoms with Crippen LogP contribution >= 0.6 is 0 Å². The minimum absolute atomic E-state index is 0.261. The maximum Gasteiger partial charge on any atom is 0.337 e.